The number of fused-ring (bicyclic) bond motifs is 14. The van der Waals surface area contributed by atoms with Crippen molar-refractivity contribution in [2.24, 2.45) is 0 Å². The van der Waals surface area contributed by atoms with Gasteiger partial charge in [-0.3, -0.25) is 0 Å². The summed E-state index contributed by atoms with van der Waals surface area (Å²) in [5.74, 6) is 1.05. The predicted molar refractivity (Wildman–Crippen MR) is 218 cm³/mol. The van der Waals surface area contributed by atoms with Crippen LogP contribution in [0.3, 0.4) is 0 Å². The maximum absolute atomic E-state index is 10.6. The smallest absolute Gasteiger partial charge is 0.137 e. The standard InChI is InChI=1S/C49H29N3O2/c50-28-31-21-20-30(27-41(31)52-40-17-6-2-13-34(40)36-23-25-45-47(49(36)52)38-15-4-8-19-43(38)54-45)29-10-9-11-32(26-29)51-39-16-5-1-12-33(39)35-22-24-44-46(48(35)51)37-14-3-7-18-42(37)53-44/h1-21,23,25-27H,22,24H2. The molecule has 5 nitrogen and oxygen atoms in total. The fourth-order valence-electron chi connectivity index (χ4n) is 9.19. The van der Waals surface area contributed by atoms with Crippen LogP contribution in [0.4, 0.5) is 0 Å². The molecule has 0 aliphatic heterocycles. The number of aryl methyl sites for hydroxylation is 2. The Balaban J connectivity index is 1.10. The molecule has 0 amide bonds. The van der Waals surface area contributed by atoms with Gasteiger partial charge in [-0.2, -0.15) is 5.26 Å². The fraction of sp³-hybridized carbons (Fsp3) is 0.0408. The maximum Gasteiger partial charge on any atom is 0.137 e. The third kappa shape index (κ3) is 3.92. The number of furan rings is 2. The molecule has 0 unspecified atom stereocenters. The average Bonchev–Trinajstić information content (AvgIpc) is 3.98. The Morgan fingerprint density at radius 1 is 0.519 bits per heavy atom. The zero-order chi connectivity index (χ0) is 35.5. The molecule has 0 fully saturated rings. The SMILES string of the molecule is N#Cc1ccc(-c2cccc(-n3c4c(c5ccccc53)CCc3oc5ccccc5c3-4)c2)cc1-n1c2ccccc2c2ccc3oc4ccccc4c3c21. The van der Waals surface area contributed by atoms with Gasteiger partial charge >= 0.3 is 0 Å². The molecule has 0 saturated carbocycles. The number of hydrogen-bond donors (Lipinski definition) is 0. The Kier molecular flexibility index (Phi) is 5.90. The summed E-state index contributed by atoms with van der Waals surface area (Å²) in [6.07, 6.45) is 1.80. The van der Waals surface area contributed by atoms with Gasteiger partial charge in [0.25, 0.3) is 0 Å². The zero-order valence-electron chi connectivity index (χ0n) is 29.0. The van der Waals surface area contributed by atoms with E-state index in [1.165, 1.54) is 27.7 Å². The lowest BCUT2D eigenvalue weighted by Crippen LogP contribution is -2.05. The van der Waals surface area contributed by atoms with Gasteiger partial charge in [0, 0.05) is 44.6 Å². The van der Waals surface area contributed by atoms with E-state index in [9.17, 15) is 5.26 Å². The lowest BCUT2D eigenvalue weighted by atomic mass is 9.92. The minimum atomic E-state index is 0.604. The van der Waals surface area contributed by atoms with Gasteiger partial charge < -0.3 is 18.0 Å². The normalized spacial score (nSPS) is 12.6. The highest BCUT2D eigenvalue weighted by atomic mass is 16.3. The van der Waals surface area contributed by atoms with E-state index in [2.05, 4.69) is 143 Å². The number of rotatable bonds is 3. The number of nitrogens with zero attached hydrogens (tertiary/aromatic N) is 3. The van der Waals surface area contributed by atoms with Gasteiger partial charge in [0.05, 0.1) is 38.9 Å². The quantitative estimate of drug-likeness (QED) is 0.185. The third-order valence-electron chi connectivity index (χ3n) is 11.5. The first-order chi connectivity index (χ1) is 26.7. The average molecular weight is 692 g/mol. The Morgan fingerprint density at radius 2 is 1.22 bits per heavy atom. The molecule has 0 bridgehead atoms. The first-order valence-corrected chi connectivity index (χ1v) is 18.4. The van der Waals surface area contributed by atoms with E-state index in [0.717, 1.165) is 95.8 Å². The molecule has 12 rings (SSSR count). The van der Waals surface area contributed by atoms with Gasteiger partial charge in [-0.25, -0.2) is 0 Å². The lowest BCUT2D eigenvalue weighted by molar-refractivity contribution is 0.545. The molecule has 1 aliphatic rings. The Morgan fingerprint density at radius 3 is 2.06 bits per heavy atom. The van der Waals surface area contributed by atoms with Crippen molar-refractivity contribution in [1.29, 1.82) is 5.26 Å². The highest BCUT2D eigenvalue weighted by molar-refractivity contribution is 6.24. The van der Waals surface area contributed by atoms with Gasteiger partial charge in [-0.05, 0) is 83.8 Å². The summed E-state index contributed by atoms with van der Waals surface area (Å²) in [5.41, 5.74) is 14.2. The molecule has 5 heteroatoms. The summed E-state index contributed by atoms with van der Waals surface area (Å²) >= 11 is 0. The van der Waals surface area contributed by atoms with Gasteiger partial charge in [0.2, 0.25) is 0 Å². The van der Waals surface area contributed by atoms with Gasteiger partial charge in [0.1, 0.15) is 28.6 Å². The van der Waals surface area contributed by atoms with E-state index < -0.39 is 0 Å². The van der Waals surface area contributed by atoms with Gasteiger partial charge in [-0.15, -0.1) is 0 Å². The van der Waals surface area contributed by atoms with E-state index in [4.69, 9.17) is 8.83 Å². The van der Waals surface area contributed by atoms with Crippen molar-refractivity contribution in [3.63, 3.8) is 0 Å². The second-order valence-electron chi connectivity index (χ2n) is 14.3. The number of hydrogen-bond acceptors (Lipinski definition) is 3. The summed E-state index contributed by atoms with van der Waals surface area (Å²) < 4.78 is 17.5. The Hall–Kier alpha value is -7.29. The van der Waals surface area contributed by atoms with Gasteiger partial charge in [0.15, 0.2) is 0 Å². The van der Waals surface area contributed by atoms with Crippen molar-refractivity contribution in [2.45, 2.75) is 12.8 Å². The van der Waals surface area contributed by atoms with Crippen molar-refractivity contribution in [1.82, 2.24) is 9.13 Å². The van der Waals surface area contributed by atoms with Crippen LogP contribution in [0, 0.1) is 11.3 Å². The third-order valence-corrected chi connectivity index (χ3v) is 11.5. The second kappa shape index (κ2) is 10.9. The highest BCUT2D eigenvalue weighted by Crippen LogP contribution is 2.47. The summed E-state index contributed by atoms with van der Waals surface area (Å²) in [6, 6.07) is 55.5. The van der Waals surface area contributed by atoms with Crippen LogP contribution in [0.25, 0.3) is 99.4 Å². The van der Waals surface area contributed by atoms with E-state index >= 15 is 0 Å². The molecule has 0 N–H and O–H groups in total. The molecule has 0 atom stereocenters. The number of benzene rings is 7. The van der Waals surface area contributed by atoms with Crippen molar-refractivity contribution in [2.75, 3.05) is 0 Å². The van der Waals surface area contributed by atoms with E-state index in [1.807, 2.05) is 24.3 Å². The zero-order valence-corrected chi connectivity index (χ0v) is 29.0. The molecule has 0 spiro atoms. The van der Waals surface area contributed by atoms with Crippen molar-refractivity contribution < 1.29 is 8.83 Å². The van der Waals surface area contributed by atoms with Crippen LogP contribution >= 0.6 is 0 Å². The molecular weight excluding hydrogens is 663 g/mol. The Labute approximate surface area is 309 Å². The van der Waals surface area contributed by atoms with E-state index in [1.54, 1.807) is 0 Å². The largest absolute Gasteiger partial charge is 0.460 e. The first kappa shape index (κ1) is 29.3. The molecule has 4 heterocycles. The van der Waals surface area contributed by atoms with Crippen LogP contribution < -0.4 is 0 Å². The molecular formula is C49H29N3O2. The van der Waals surface area contributed by atoms with Crippen LogP contribution in [-0.4, -0.2) is 9.13 Å². The van der Waals surface area contributed by atoms with E-state index in [0.29, 0.717) is 5.56 Å². The molecule has 11 aromatic rings. The number of aromatic nitrogens is 2. The summed E-state index contributed by atoms with van der Waals surface area (Å²) in [5, 5.41) is 17.4. The second-order valence-corrected chi connectivity index (χ2v) is 14.3. The number of para-hydroxylation sites is 4. The molecule has 1 aliphatic carbocycles. The monoisotopic (exact) mass is 691 g/mol. The first-order valence-electron chi connectivity index (χ1n) is 18.4. The molecule has 252 valence electrons. The van der Waals surface area contributed by atoms with Crippen molar-refractivity contribution in [3.8, 4) is 39.8 Å². The molecule has 7 aromatic carbocycles. The highest BCUT2D eigenvalue weighted by Gasteiger charge is 2.30. The fourth-order valence-corrected chi connectivity index (χ4v) is 9.19. The van der Waals surface area contributed by atoms with Crippen LogP contribution in [0.2, 0.25) is 0 Å². The Bertz CT molecular complexity index is 3420. The molecule has 0 radical (unpaired) electrons. The lowest BCUT2D eigenvalue weighted by Gasteiger charge is -2.18. The molecule has 4 aromatic heterocycles. The van der Waals surface area contributed by atoms with Crippen LogP contribution in [0.15, 0.2) is 160 Å². The summed E-state index contributed by atoms with van der Waals surface area (Å²) in [4.78, 5) is 0. The summed E-state index contributed by atoms with van der Waals surface area (Å²) in [6.45, 7) is 0. The molecule has 54 heavy (non-hydrogen) atoms. The van der Waals surface area contributed by atoms with Crippen molar-refractivity contribution in [3.05, 3.63) is 169 Å². The van der Waals surface area contributed by atoms with E-state index in [-0.39, 0.29) is 0 Å². The number of nitriles is 1. The molecule has 0 saturated heterocycles. The van der Waals surface area contributed by atoms with Crippen molar-refractivity contribution >= 4 is 65.6 Å². The minimum absolute atomic E-state index is 0.604. The maximum atomic E-state index is 10.6. The summed E-state index contributed by atoms with van der Waals surface area (Å²) in [7, 11) is 0. The van der Waals surface area contributed by atoms with Crippen LogP contribution in [0.5, 0.6) is 0 Å². The van der Waals surface area contributed by atoms with Gasteiger partial charge in [-0.1, -0.05) is 91.0 Å². The minimum Gasteiger partial charge on any atom is -0.460 e. The predicted octanol–water partition coefficient (Wildman–Crippen LogP) is 12.7. The topological polar surface area (TPSA) is 59.9 Å². The van der Waals surface area contributed by atoms with Crippen LogP contribution in [0.1, 0.15) is 16.9 Å². The van der Waals surface area contributed by atoms with Crippen LogP contribution in [-0.2, 0) is 12.8 Å².